The Kier molecular flexibility index (Phi) is 6.63. The van der Waals surface area contributed by atoms with Gasteiger partial charge >= 0.3 is 6.03 Å². The van der Waals surface area contributed by atoms with E-state index < -0.39 is 6.04 Å². The van der Waals surface area contributed by atoms with Crippen molar-refractivity contribution in [3.05, 3.63) is 35.6 Å². The van der Waals surface area contributed by atoms with Crippen LogP contribution >= 0.6 is 0 Å². The van der Waals surface area contributed by atoms with E-state index in [0.717, 1.165) is 38.0 Å². The van der Waals surface area contributed by atoms with E-state index in [1.54, 1.807) is 12.1 Å². The Hall–Kier alpha value is -2.19. The zero-order chi connectivity index (χ0) is 19.2. The molecule has 2 saturated heterocycles. The van der Waals surface area contributed by atoms with Crippen LogP contribution in [-0.4, -0.2) is 71.7 Å². The number of halogens is 1. The minimum Gasteiger partial charge on any atom is -0.396 e. The highest BCUT2D eigenvalue weighted by atomic mass is 19.1. The predicted molar refractivity (Wildman–Crippen MR) is 98.4 cm³/mol. The number of rotatable bonds is 5. The molecule has 27 heavy (non-hydrogen) atoms. The van der Waals surface area contributed by atoms with Crippen LogP contribution in [-0.2, 0) is 11.3 Å². The first-order valence-corrected chi connectivity index (χ1v) is 9.49. The van der Waals surface area contributed by atoms with Crippen molar-refractivity contribution in [2.75, 3.05) is 32.8 Å². The van der Waals surface area contributed by atoms with E-state index in [1.165, 1.54) is 17.0 Å². The lowest BCUT2D eigenvalue weighted by atomic mass is 10.0. The summed E-state index contributed by atoms with van der Waals surface area (Å²) in [5, 5.41) is 14.9. The number of hydrogen-bond acceptors (Lipinski definition) is 4. The highest BCUT2D eigenvalue weighted by Crippen LogP contribution is 2.16. The molecular formula is C19H27FN4O3. The molecule has 3 N–H and O–H groups in total. The van der Waals surface area contributed by atoms with E-state index in [4.69, 9.17) is 5.11 Å². The maximum absolute atomic E-state index is 13.0. The number of carbonyl (C=O) groups excluding carboxylic acids is 2. The molecule has 2 heterocycles. The highest BCUT2D eigenvalue weighted by Gasteiger charge is 2.33. The van der Waals surface area contributed by atoms with Gasteiger partial charge in [0.15, 0.2) is 0 Å². The van der Waals surface area contributed by atoms with Crippen molar-refractivity contribution in [1.29, 1.82) is 0 Å². The number of aliphatic hydroxyl groups is 1. The molecule has 3 rings (SSSR count). The van der Waals surface area contributed by atoms with Gasteiger partial charge in [-0.25, -0.2) is 9.18 Å². The predicted octanol–water partition coefficient (Wildman–Crippen LogP) is 0.682. The number of piperazine rings is 1. The van der Waals surface area contributed by atoms with Crippen molar-refractivity contribution in [2.24, 2.45) is 0 Å². The molecule has 0 aliphatic carbocycles. The second-order valence-corrected chi connectivity index (χ2v) is 7.14. The van der Waals surface area contributed by atoms with Crippen molar-refractivity contribution >= 4 is 11.9 Å². The molecule has 8 heteroatoms. The minimum atomic E-state index is -0.609. The summed E-state index contributed by atoms with van der Waals surface area (Å²) in [5.74, 6) is -0.439. The standard InChI is InChI=1S/C19H27FN4O3/c20-15-3-1-14(2-4-15)13-23-9-5-16(6-10-23)22-19(27)24-11-8-21-18(26)17(24)7-12-25/h1-4,16-17,25H,5-13H2,(H,21,26)(H,22,27)/t17-/m1/s1. The molecule has 0 unspecified atom stereocenters. The fraction of sp³-hybridized carbons (Fsp3) is 0.579. The quantitative estimate of drug-likeness (QED) is 0.704. The van der Waals surface area contributed by atoms with E-state index >= 15 is 0 Å². The fourth-order valence-electron chi connectivity index (χ4n) is 3.71. The Bertz CT molecular complexity index is 647. The summed E-state index contributed by atoms with van der Waals surface area (Å²) < 4.78 is 13.0. The summed E-state index contributed by atoms with van der Waals surface area (Å²) in [6, 6.07) is 5.77. The summed E-state index contributed by atoms with van der Waals surface area (Å²) in [6.45, 7) is 3.22. The first kappa shape index (κ1) is 19.6. The molecule has 0 spiro atoms. The molecule has 2 fully saturated rings. The van der Waals surface area contributed by atoms with Gasteiger partial charge in [-0.15, -0.1) is 0 Å². The van der Waals surface area contributed by atoms with Gasteiger partial charge in [0, 0.05) is 45.4 Å². The van der Waals surface area contributed by atoms with Crippen LogP contribution in [0.2, 0.25) is 0 Å². The van der Waals surface area contributed by atoms with Crippen LogP contribution in [0.3, 0.4) is 0 Å². The van der Waals surface area contributed by atoms with Crippen molar-refractivity contribution < 1.29 is 19.1 Å². The Morgan fingerprint density at radius 1 is 1.22 bits per heavy atom. The average molecular weight is 378 g/mol. The van der Waals surface area contributed by atoms with Crippen molar-refractivity contribution in [3.8, 4) is 0 Å². The van der Waals surface area contributed by atoms with E-state index in [2.05, 4.69) is 15.5 Å². The summed E-state index contributed by atoms with van der Waals surface area (Å²) in [7, 11) is 0. The summed E-state index contributed by atoms with van der Waals surface area (Å²) in [6.07, 6.45) is 1.91. The number of nitrogens with one attached hydrogen (secondary N) is 2. The lowest BCUT2D eigenvalue weighted by molar-refractivity contribution is -0.128. The molecule has 1 aromatic rings. The first-order valence-electron chi connectivity index (χ1n) is 9.49. The van der Waals surface area contributed by atoms with Crippen LogP contribution in [0.4, 0.5) is 9.18 Å². The van der Waals surface area contributed by atoms with E-state index in [0.29, 0.717) is 13.1 Å². The van der Waals surface area contributed by atoms with Crippen LogP contribution in [0.5, 0.6) is 0 Å². The van der Waals surface area contributed by atoms with Gasteiger partial charge in [0.25, 0.3) is 0 Å². The molecule has 3 amide bonds. The molecule has 2 aliphatic heterocycles. The number of aliphatic hydroxyl groups excluding tert-OH is 1. The average Bonchev–Trinajstić information content (AvgIpc) is 2.67. The number of piperidine rings is 1. The van der Waals surface area contributed by atoms with Crippen LogP contribution < -0.4 is 10.6 Å². The first-order chi connectivity index (χ1) is 13.1. The number of nitrogens with zero attached hydrogens (tertiary/aromatic N) is 2. The van der Waals surface area contributed by atoms with Crippen LogP contribution in [0.1, 0.15) is 24.8 Å². The number of likely N-dealkylation sites (tertiary alicyclic amines) is 1. The number of carbonyl (C=O) groups is 2. The van der Waals surface area contributed by atoms with Gasteiger partial charge in [0.2, 0.25) is 5.91 Å². The molecule has 2 aliphatic rings. The van der Waals surface area contributed by atoms with Crippen LogP contribution in [0.15, 0.2) is 24.3 Å². The third-order valence-electron chi connectivity index (χ3n) is 5.23. The fourth-order valence-corrected chi connectivity index (χ4v) is 3.71. The van der Waals surface area contributed by atoms with Crippen molar-refractivity contribution in [1.82, 2.24) is 20.4 Å². The summed E-state index contributed by atoms with van der Waals surface area (Å²) in [5.41, 5.74) is 1.07. The molecule has 1 aromatic carbocycles. The third kappa shape index (κ3) is 5.17. The SMILES string of the molecule is O=C1NCCN(C(=O)NC2CCN(Cc3ccc(F)cc3)CC2)[C@@H]1CCO. The maximum atomic E-state index is 13.0. The monoisotopic (exact) mass is 378 g/mol. The molecule has 7 nitrogen and oxygen atoms in total. The van der Waals surface area contributed by atoms with Gasteiger partial charge < -0.3 is 20.6 Å². The normalized spacial score (nSPS) is 21.8. The van der Waals surface area contributed by atoms with E-state index in [9.17, 15) is 14.0 Å². The minimum absolute atomic E-state index is 0.0710. The topological polar surface area (TPSA) is 84.9 Å². The molecule has 0 bridgehead atoms. The number of hydrogen-bond donors (Lipinski definition) is 3. The second kappa shape index (κ2) is 9.14. The molecular weight excluding hydrogens is 351 g/mol. The van der Waals surface area contributed by atoms with Crippen LogP contribution in [0.25, 0.3) is 0 Å². The Morgan fingerprint density at radius 2 is 1.93 bits per heavy atom. The number of amides is 3. The summed E-state index contributed by atoms with van der Waals surface area (Å²) >= 11 is 0. The van der Waals surface area contributed by atoms with Crippen molar-refractivity contribution in [3.63, 3.8) is 0 Å². The molecule has 148 valence electrons. The lowest BCUT2D eigenvalue weighted by Crippen LogP contribution is -2.61. The Labute approximate surface area is 158 Å². The van der Waals surface area contributed by atoms with Crippen LogP contribution in [0, 0.1) is 5.82 Å². The molecule has 1 atom stereocenters. The van der Waals surface area contributed by atoms with Gasteiger partial charge in [0.05, 0.1) is 0 Å². The van der Waals surface area contributed by atoms with Gasteiger partial charge in [-0.2, -0.15) is 0 Å². The third-order valence-corrected chi connectivity index (χ3v) is 5.23. The smallest absolute Gasteiger partial charge is 0.318 e. The highest BCUT2D eigenvalue weighted by molar-refractivity contribution is 5.88. The van der Waals surface area contributed by atoms with E-state index in [-0.39, 0.29) is 36.8 Å². The molecule has 0 aromatic heterocycles. The Balaban J connectivity index is 1.47. The lowest BCUT2D eigenvalue weighted by Gasteiger charge is -2.37. The van der Waals surface area contributed by atoms with Gasteiger partial charge in [-0.05, 0) is 37.0 Å². The van der Waals surface area contributed by atoms with Gasteiger partial charge in [-0.1, -0.05) is 12.1 Å². The van der Waals surface area contributed by atoms with Gasteiger partial charge in [-0.3, -0.25) is 9.69 Å². The number of urea groups is 1. The number of benzene rings is 1. The molecule has 0 radical (unpaired) electrons. The largest absolute Gasteiger partial charge is 0.396 e. The molecule has 0 saturated carbocycles. The van der Waals surface area contributed by atoms with E-state index in [1.807, 2.05) is 0 Å². The zero-order valence-electron chi connectivity index (χ0n) is 15.4. The van der Waals surface area contributed by atoms with Crippen molar-refractivity contribution in [2.45, 2.75) is 37.9 Å². The Morgan fingerprint density at radius 3 is 2.59 bits per heavy atom. The maximum Gasteiger partial charge on any atom is 0.318 e. The second-order valence-electron chi connectivity index (χ2n) is 7.14. The van der Waals surface area contributed by atoms with Gasteiger partial charge in [0.1, 0.15) is 11.9 Å². The zero-order valence-corrected chi connectivity index (χ0v) is 15.4. The summed E-state index contributed by atoms with van der Waals surface area (Å²) in [4.78, 5) is 28.4.